The van der Waals surface area contributed by atoms with Gasteiger partial charge < -0.3 is 4.74 Å². The number of ether oxygens (including phenoxy) is 1. The maximum Gasteiger partial charge on any atom is 0.0481 e. The molecule has 1 heterocycles. The lowest BCUT2D eigenvalue weighted by atomic mass is 10.1. The van der Waals surface area contributed by atoms with Crippen LogP contribution in [0.5, 0.6) is 0 Å². The van der Waals surface area contributed by atoms with Gasteiger partial charge in [0.15, 0.2) is 0 Å². The van der Waals surface area contributed by atoms with Gasteiger partial charge in [-0.05, 0) is 12.8 Å². The molecule has 0 amide bonds. The van der Waals surface area contributed by atoms with Crippen molar-refractivity contribution >= 4 is 0 Å². The van der Waals surface area contributed by atoms with E-state index in [2.05, 4.69) is 24.4 Å². The number of hydrogen-bond donors (Lipinski definition) is 1. The average molecular weight is 158 g/mol. The highest BCUT2D eigenvalue weighted by Crippen LogP contribution is 2.10. The molecule has 11 heavy (non-hydrogen) atoms. The third-order valence-corrected chi connectivity index (χ3v) is 2.15. The molecule has 0 aromatic rings. The van der Waals surface area contributed by atoms with Crippen molar-refractivity contribution in [1.29, 1.82) is 0 Å². The van der Waals surface area contributed by atoms with Crippen LogP contribution in [0, 0.1) is 0 Å². The van der Waals surface area contributed by atoms with Crippen molar-refractivity contribution in [2.45, 2.75) is 25.8 Å². The van der Waals surface area contributed by atoms with Crippen LogP contribution in [-0.4, -0.2) is 37.9 Å². The van der Waals surface area contributed by atoms with Gasteiger partial charge in [-0.3, -0.25) is 5.43 Å². The van der Waals surface area contributed by atoms with E-state index in [1.54, 1.807) is 0 Å². The van der Waals surface area contributed by atoms with Gasteiger partial charge >= 0.3 is 0 Å². The van der Waals surface area contributed by atoms with Crippen molar-refractivity contribution in [2.24, 2.45) is 0 Å². The Morgan fingerprint density at radius 1 is 1.45 bits per heavy atom. The summed E-state index contributed by atoms with van der Waals surface area (Å²) in [6.45, 7) is 4.96. The summed E-state index contributed by atoms with van der Waals surface area (Å²) in [6.07, 6.45) is 2.31. The number of hydrazine groups is 1. The number of nitrogens with one attached hydrogen (secondary N) is 1. The minimum absolute atomic E-state index is 0.670. The van der Waals surface area contributed by atoms with Gasteiger partial charge in [-0.1, -0.05) is 6.92 Å². The van der Waals surface area contributed by atoms with Crippen LogP contribution in [0.4, 0.5) is 0 Å². The molecular weight excluding hydrogens is 140 g/mol. The van der Waals surface area contributed by atoms with Gasteiger partial charge in [-0.15, -0.1) is 0 Å². The molecule has 1 saturated heterocycles. The van der Waals surface area contributed by atoms with Gasteiger partial charge in [0.05, 0.1) is 0 Å². The highest BCUT2D eigenvalue weighted by molar-refractivity contribution is 4.68. The lowest BCUT2D eigenvalue weighted by molar-refractivity contribution is 0.0259. The zero-order valence-corrected chi connectivity index (χ0v) is 7.47. The predicted molar refractivity (Wildman–Crippen MR) is 45.3 cm³/mol. The molecule has 0 radical (unpaired) electrons. The van der Waals surface area contributed by atoms with Gasteiger partial charge in [-0.2, -0.15) is 0 Å². The van der Waals surface area contributed by atoms with Crippen molar-refractivity contribution in [3.63, 3.8) is 0 Å². The number of hydrogen-bond acceptors (Lipinski definition) is 3. The van der Waals surface area contributed by atoms with E-state index in [0.717, 1.165) is 32.6 Å². The van der Waals surface area contributed by atoms with Crippen LogP contribution in [0.15, 0.2) is 0 Å². The normalized spacial score (nSPS) is 21.0. The standard InChI is InChI=1S/C8H18N2O/c1-3-9-10(2)8-4-6-11-7-5-8/h8-9H,3-7H2,1-2H3. The third-order valence-electron chi connectivity index (χ3n) is 2.15. The molecule has 0 bridgehead atoms. The van der Waals surface area contributed by atoms with E-state index < -0.39 is 0 Å². The smallest absolute Gasteiger partial charge is 0.0481 e. The fourth-order valence-electron chi connectivity index (χ4n) is 1.45. The second kappa shape index (κ2) is 4.70. The molecule has 0 unspecified atom stereocenters. The number of nitrogens with zero attached hydrogens (tertiary/aromatic N) is 1. The first-order chi connectivity index (χ1) is 5.34. The SMILES string of the molecule is CCNN(C)C1CCOCC1. The summed E-state index contributed by atoms with van der Waals surface area (Å²) in [7, 11) is 2.11. The summed E-state index contributed by atoms with van der Waals surface area (Å²) in [4.78, 5) is 0. The zero-order valence-electron chi connectivity index (χ0n) is 7.47. The Morgan fingerprint density at radius 3 is 2.64 bits per heavy atom. The molecule has 1 aliphatic rings. The van der Waals surface area contributed by atoms with Crippen molar-refractivity contribution in [3.8, 4) is 0 Å². The van der Waals surface area contributed by atoms with E-state index in [9.17, 15) is 0 Å². The quantitative estimate of drug-likeness (QED) is 0.609. The monoisotopic (exact) mass is 158 g/mol. The Bertz CT molecular complexity index is 102. The molecule has 3 heteroatoms. The maximum atomic E-state index is 5.27. The molecular formula is C8H18N2O. The molecule has 0 atom stereocenters. The summed E-state index contributed by atoms with van der Waals surface area (Å²) in [5, 5.41) is 2.21. The first-order valence-corrected chi connectivity index (χ1v) is 4.38. The minimum atomic E-state index is 0.670. The summed E-state index contributed by atoms with van der Waals surface area (Å²) in [5.41, 5.74) is 3.29. The average Bonchev–Trinajstić information content (AvgIpc) is 2.07. The lowest BCUT2D eigenvalue weighted by Crippen LogP contribution is -2.45. The first kappa shape index (κ1) is 8.97. The molecule has 1 rings (SSSR count). The van der Waals surface area contributed by atoms with E-state index in [0.29, 0.717) is 6.04 Å². The summed E-state index contributed by atoms with van der Waals surface area (Å²) in [5.74, 6) is 0. The van der Waals surface area contributed by atoms with Crippen LogP contribution in [0.1, 0.15) is 19.8 Å². The fourth-order valence-corrected chi connectivity index (χ4v) is 1.45. The van der Waals surface area contributed by atoms with E-state index in [4.69, 9.17) is 4.74 Å². The van der Waals surface area contributed by atoms with Crippen LogP contribution in [0.25, 0.3) is 0 Å². The molecule has 3 nitrogen and oxygen atoms in total. The Hall–Kier alpha value is -0.120. The summed E-state index contributed by atoms with van der Waals surface area (Å²) in [6, 6.07) is 0.670. The van der Waals surface area contributed by atoms with Crippen LogP contribution >= 0.6 is 0 Å². The minimum Gasteiger partial charge on any atom is -0.381 e. The number of rotatable bonds is 3. The van der Waals surface area contributed by atoms with E-state index >= 15 is 0 Å². The summed E-state index contributed by atoms with van der Waals surface area (Å²) < 4.78 is 5.27. The molecule has 66 valence electrons. The molecule has 0 aliphatic carbocycles. The Labute approximate surface area is 68.7 Å². The molecule has 0 spiro atoms. The van der Waals surface area contributed by atoms with Crippen molar-refractivity contribution in [2.75, 3.05) is 26.8 Å². The fraction of sp³-hybridized carbons (Fsp3) is 1.00. The first-order valence-electron chi connectivity index (χ1n) is 4.38. The Kier molecular flexibility index (Phi) is 3.83. The molecule has 0 aromatic carbocycles. The van der Waals surface area contributed by atoms with Crippen LogP contribution < -0.4 is 5.43 Å². The predicted octanol–water partition coefficient (Wildman–Crippen LogP) is 0.622. The highest BCUT2D eigenvalue weighted by Gasteiger charge is 2.16. The second-order valence-electron chi connectivity index (χ2n) is 2.97. The molecule has 0 aromatic heterocycles. The van der Waals surface area contributed by atoms with Gasteiger partial charge in [0.25, 0.3) is 0 Å². The van der Waals surface area contributed by atoms with Crippen LogP contribution in [0.3, 0.4) is 0 Å². The molecule has 1 N–H and O–H groups in total. The third kappa shape index (κ3) is 2.77. The maximum absolute atomic E-state index is 5.27. The van der Waals surface area contributed by atoms with Gasteiger partial charge in [-0.25, -0.2) is 5.01 Å². The highest BCUT2D eigenvalue weighted by atomic mass is 16.5. The second-order valence-corrected chi connectivity index (χ2v) is 2.97. The topological polar surface area (TPSA) is 24.5 Å². The van der Waals surface area contributed by atoms with Crippen molar-refractivity contribution < 1.29 is 4.74 Å². The lowest BCUT2D eigenvalue weighted by Gasteiger charge is -2.31. The zero-order chi connectivity index (χ0) is 8.10. The molecule has 1 aliphatic heterocycles. The van der Waals surface area contributed by atoms with Crippen LogP contribution in [-0.2, 0) is 4.74 Å². The van der Waals surface area contributed by atoms with E-state index in [1.165, 1.54) is 0 Å². The van der Waals surface area contributed by atoms with Crippen molar-refractivity contribution in [3.05, 3.63) is 0 Å². The van der Waals surface area contributed by atoms with Gasteiger partial charge in [0.1, 0.15) is 0 Å². The van der Waals surface area contributed by atoms with Gasteiger partial charge in [0.2, 0.25) is 0 Å². The Morgan fingerprint density at radius 2 is 2.09 bits per heavy atom. The summed E-state index contributed by atoms with van der Waals surface area (Å²) >= 11 is 0. The van der Waals surface area contributed by atoms with Crippen LogP contribution in [0.2, 0.25) is 0 Å². The largest absolute Gasteiger partial charge is 0.381 e. The van der Waals surface area contributed by atoms with E-state index in [-0.39, 0.29) is 0 Å². The molecule has 0 saturated carbocycles. The van der Waals surface area contributed by atoms with Gasteiger partial charge in [0, 0.05) is 32.8 Å². The van der Waals surface area contributed by atoms with Crippen molar-refractivity contribution in [1.82, 2.24) is 10.4 Å². The Balaban J connectivity index is 2.21. The molecule has 1 fully saturated rings. The van der Waals surface area contributed by atoms with E-state index in [1.807, 2.05) is 0 Å².